The molecule has 2 rings (SSSR count). The lowest BCUT2D eigenvalue weighted by Gasteiger charge is -2.09. The molecule has 2 aromatic rings. The summed E-state index contributed by atoms with van der Waals surface area (Å²) in [5.74, 6) is -1.13. The molecule has 5 nitrogen and oxygen atoms in total. The maximum atomic E-state index is 13.0. The highest BCUT2D eigenvalue weighted by Crippen LogP contribution is 2.09. The van der Waals surface area contributed by atoms with Gasteiger partial charge in [0.1, 0.15) is 5.82 Å². The van der Waals surface area contributed by atoms with E-state index in [9.17, 15) is 14.0 Å². The van der Waals surface area contributed by atoms with Crippen LogP contribution in [-0.4, -0.2) is 22.4 Å². The van der Waals surface area contributed by atoms with E-state index < -0.39 is 11.4 Å². The smallest absolute Gasteiger partial charge is 0.362 e. The molecule has 0 spiro atoms. The molecule has 110 valence electrons. The summed E-state index contributed by atoms with van der Waals surface area (Å²) in [6.07, 6.45) is 1.99. The fourth-order valence-corrected chi connectivity index (χ4v) is 1.85. The number of carbonyl (C=O) groups excluding carboxylic acids is 1. The molecule has 1 aromatic carbocycles. The van der Waals surface area contributed by atoms with Gasteiger partial charge in [0, 0.05) is 11.8 Å². The topological polar surface area (TPSA) is 61.2 Å². The monoisotopic (exact) mass is 290 g/mol. The average Bonchev–Trinajstić information content (AvgIpc) is 2.48. The molecule has 0 bridgehead atoms. The van der Waals surface area contributed by atoms with Crippen LogP contribution < -0.4 is 5.43 Å². The fourth-order valence-electron chi connectivity index (χ4n) is 1.85. The first-order valence-electron chi connectivity index (χ1n) is 6.62. The Morgan fingerprint density at radius 2 is 1.95 bits per heavy atom. The molecule has 0 radical (unpaired) electrons. The van der Waals surface area contributed by atoms with Crippen LogP contribution in [0, 0.1) is 5.82 Å². The zero-order valence-electron chi connectivity index (χ0n) is 11.8. The molecule has 0 aliphatic carbocycles. The molecule has 1 aromatic heterocycles. The number of carbonyl (C=O) groups is 1. The van der Waals surface area contributed by atoms with Crippen LogP contribution in [0.2, 0.25) is 0 Å². The van der Waals surface area contributed by atoms with E-state index in [1.165, 1.54) is 35.1 Å². The molecule has 6 heteroatoms. The predicted molar refractivity (Wildman–Crippen MR) is 75.1 cm³/mol. The highest BCUT2D eigenvalue weighted by molar-refractivity contribution is 5.87. The normalized spacial score (nSPS) is 10.4. The number of aryl methyl sites for hydroxylation is 1. The van der Waals surface area contributed by atoms with Gasteiger partial charge in [-0.2, -0.15) is 5.10 Å². The van der Waals surface area contributed by atoms with E-state index in [1.807, 2.05) is 0 Å². The van der Waals surface area contributed by atoms with Gasteiger partial charge in [-0.1, -0.05) is 6.92 Å². The third-order valence-corrected chi connectivity index (χ3v) is 2.93. The molecule has 0 aliphatic rings. The third kappa shape index (κ3) is 3.16. The SMILES string of the molecule is CCOC(=O)c1nn(-c2ccc(F)cc2)cc(CC)c1=O. The summed E-state index contributed by atoms with van der Waals surface area (Å²) in [6.45, 7) is 3.62. The Kier molecular flexibility index (Phi) is 4.47. The highest BCUT2D eigenvalue weighted by Gasteiger charge is 2.17. The molecule has 0 unspecified atom stereocenters. The lowest BCUT2D eigenvalue weighted by molar-refractivity contribution is 0.0515. The second kappa shape index (κ2) is 6.30. The first-order chi connectivity index (χ1) is 10.1. The number of hydrogen-bond acceptors (Lipinski definition) is 4. The largest absolute Gasteiger partial charge is 0.461 e. The van der Waals surface area contributed by atoms with Crippen LogP contribution in [0.25, 0.3) is 5.69 Å². The zero-order chi connectivity index (χ0) is 15.4. The van der Waals surface area contributed by atoms with Crippen LogP contribution in [-0.2, 0) is 11.2 Å². The molecule has 21 heavy (non-hydrogen) atoms. The summed E-state index contributed by atoms with van der Waals surface area (Å²) < 4.78 is 19.2. The first kappa shape index (κ1) is 14.9. The molecule has 0 amide bonds. The minimum absolute atomic E-state index is 0.160. The van der Waals surface area contributed by atoms with E-state index in [4.69, 9.17) is 4.74 Å². The summed E-state index contributed by atoms with van der Waals surface area (Å²) in [4.78, 5) is 23.9. The summed E-state index contributed by atoms with van der Waals surface area (Å²) in [5.41, 5.74) is 0.295. The van der Waals surface area contributed by atoms with Gasteiger partial charge in [0.15, 0.2) is 0 Å². The van der Waals surface area contributed by atoms with Gasteiger partial charge in [0.25, 0.3) is 0 Å². The maximum Gasteiger partial charge on any atom is 0.362 e. The van der Waals surface area contributed by atoms with E-state index in [-0.39, 0.29) is 18.1 Å². The molecule has 0 saturated carbocycles. The van der Waals surface area contributed by atoms with Gasteiger partial charge in [0.05, 0.1) is 12.3 Å². The number of halogens is 1. The average molecular weight is 290 g/mol. The van der Waals surface area contributed by atoms with Crippen LogP contribution in [0.5, 0.6) is 0 Å². The van der Waals surface area contributed by atoms with Crippen molar-refractivity contribution in [2.24, 2.45) is 0 Å². The Labute approximate surface area is 121 Å². The summed E-state index contributed by atoms with van der Waals surface area (Å²) in [5, 5.41) is 4.01. The van der Waals surface area contributed by atoms with Crippen LogP contribution in [0.3, 0.4) is 0 Å². The van der Waals surface area contributed by atoms with Gasteiger partial charge in [-0.3, -0.25) is 4.79 Å². The predicted octanol–water partition coefficient (Wildman–Crippen LogP) is 2.11. The van der Waals surface area contributed by atoms with E-state index in [0.29, 0.717) is 17.7 Å². The van der Waals surface area contributed by atoms with Crippen molar-refractivity contribution in [2.45, 2.75) is 20.3 Å². The molecular weight excluding hydrogens is 275 g/mol. The second-order valence-electron chi connectivity index (χ2n) is 4.33. The number of rotatable bonds is 4. The number of nitrogens with zero attached hydrogens (tertiary/aromatic N) is 2. The van der Waals surface area contributed by atoms with Gasteiger partial charge in [-0.25, -0.2) is 13.9 Å². The molecule has 0 fully saturated rings. The minimum Gasteiger partial charge on any atom is -0.461 e. The number of esters is 1. The number of benzene rings is 1. The Hall–Kier alpha value is -2.50. The van der Waals surface area contributed by atoms with Crippen LogP contribution >= 0.6 is 0 Å². The van der Waals surface area contributed by atoms with E-state index >= 15 is 0 Å². The number of hydrogen-bond donors (Lipinski definition) is 0. The van der Waals surface area contributed by atoms with Crippen molar-refractivity contribution in [2.75, 3.05) is 6.61 Å². The van der Waals surface area contributed by atoms with Gasteiger partial charge in [-0.05, 0) is 37.6 Å². The zero-order valence-corrected chi connectivity index (χ0v) is 11.8. The van der Waals surface area contributed by atoms with Crippen LogP contribution in [0.1, 0.15) is 29.9 Å². The Morgan fingerprint density at radius 1 is 1.29 bits per heavy atom. The maximum absolute atomic E-state index is 13.0. The Balaban J connectivity index is 2.57. The van der Waals surface area contributed by atoms with Gasteiger partial charge >= 0.3 is 5.97 Å². The van der Waals surface area contributed by atoms with E-state index in [2.05, 4.69) is 5.10 Å². The molecule has 1 heterocycles. The van der Waals surface area contributed by atoms with Crippen molar-refractivity contribution in [1.82, 2.24) is 9.78 Å². The van der Waals surface area contributed by atoms with E-state index in [1.54, 1.807) is 13.8 Å². The standard InChI is InChI=1S/C15H15FN2O3/c1-3-10-9-18(12-7-5-11(16)6-8-12)17-13(14(10)19)15(20)21-4-2/h5-9H,3-4H2,1-2H3. The minimum atomic E-state index is -0.756. The summed E-state index contributed by atoms with van der Waals surface area (Å²) in [6, 6.07) is 5.60. The van der Waals surface area contributed by atoms with Crippen molar-refractivity contribution < 1.29 is 13.9 Å². The fraction of sp³-hybridized carbons (Fsp3) is 0.267. The van der Waals surface area contributed by atoms with Crippen molar-refractivity contribution in [3.8, 4) is 5.69 Å². The van der Waals surface area contributed by atoms with Crippen molar-refractivity contribution in [3.05, 3.63) is 57.8 Å². The van der Waals surface area contributed by atoms with Crippen molar-refractivity contribution >= 4 is 5.97 Å². The second-order valence-corrected chi connectivity index (χ2v) is 4.33. The summed E-state index contributed by atoms with van der Waals surface area (Å²) >= 11 is 0. The molecular formula is C15H15FN2O3. The van der Waals surface area contributed by atoms with Crippen molar-refractivity contribution in [3.63, 3.8) is 0 Å². The third-order valence-electron chi connectivity index (χ3n) is 2.93. The first-order valence-corrected chi connectivity index (χ1v) is 6.62. The van der Waals surface area contributed by atoms with E-state index in [0.717, 1.165) is 0 Å². The molecule has 0 saturated heterocycles. The lowest BCUT2D eigenvalue weighted by atomic mass is 10.2. The molecule has 0 atom stereocenters. The van der Waals surface area contributed by atoms with Crippen LogP contribution in [0.4, 0.5) is 4.39 Å². The number of aromatic nitrogens is 2. The van der Waals surface area contributed by atoms with Crippen molar-refractivity contribution in [1.29, 1.82) is 0 Å². The van der Waals surface area contributed by atoms with Gasteiger partial charge in [0.2, 0.25) is 11.1 Å². The van der Waals surface area contributed by atoms with Gasteiger partial charge < -0.3 is 4.74 Å². The summed E-state index contributed by atoms with van der Waals surface area (Å²) in [7, 11) is 0. The Morgan fingerprint density at radius 3 is 2.52 bits per heavy atom. The Bertz CT molecular complexity index is 708. The lowest BCUT2D eigenvalue weighted by Crippen LogP contribution is -2.26. The molecule has 0 aliphatic heterocycles. The molecule has 0 N–H and O–H groups in total. The number of ether oxygens (including phenoxy) is 1. The van der Waals surface area contributed by atoms with Crippen LogP contribution in [0.15, 0.2) is 35.3 Å². The quantitative estimate of drug-likeness (QED) is 0.809. The van der Waals surface area contributed by atoms with Gasteiger partial charge in [-0.15, -0.1) is 0 Å². The highest BCUT2D eigenvalue weighted by atomic mass is 19.1.